The third-order valence-electron chi connectivity index (χ3n) is 18.0. The van der Waals surface area contributed by atoms with Crippen LogP contribution in [0.1, 0.15) is 0 Å². The normalized spacial score (nSPS) is 11.8. The van der Waals surface area contributed by atoms with Gasteiger partial charge in [0.05, 0.1) is 45.3 Å². The van der Waals surface area contributed by atoms with Crippen molar-refractivity contribution >= 4 is 107 Å². The molecule has 412 valence electrons. The van der Waals surface area contributed by atoms with Crippen molar-refractivity contribution in [3.05, 3.63) is 303 Å². The first kappa shape index (κ1) is 50.8. The first-order valence-corrected chi connectivity index (χ1v) is 31.1. The average molecular weight is 1150 g/mol. The SMILES string of the molecule is c1ccc(-c2cc(-c3ccc4ccccc4c3)nc3c2ccc2c(-c4ccccc4)cc(-c4cc(-c5ccc6c7ccccc7c7nc(-c8cccc(-c9cccc(-c%10cccc%11c%10sc%10ccccc%10%11)c9)c8)cnc7c6c5)c5ccccc5c4)nc23)cc1. The molecule has 0 amide bonds. The van der Waals surface area contributed by atoms with Crippen LogP contribution < -0.4 is 0 Å². The fourth-order valence-corrected chi connectivity index (χ4v) is 14.9. The molecule has 5 heteroatoms. The van der Waals surface area contributed by atoms with Crippen molar-refractivity contribution in [2.45, 2.75) is 0 Å². The Bertz CT molecular complexity index is 5930. The zero-order chi connectivity index (χ0) is 58.5. The molecular weight excluding hydrogens is 1100 g/mol. The second-order valence-corrected chi connectivity index (χ2v) is 24.3. The average Bonchev–Trinajstić information content (AvgIpc) is 2.19. The van der Waals surface area contributed by atoms with Crippen LogP contribution in [0.2, 0.25) is 0 Å². The third kappa shape index (κ3) is 8.58. The number of aromatic nitrogens is 4. The molecule has 18 aromatic rings. The summed E-state index contributed by atoms with van der Waals surface area (Å²) in [6.07, 6.45) is 1.96. The topological polar surface area (TPSA) is 51.6 Å². The van der Waals surface area contributed by atoms with Gasteiger partial charge in [-0.15, -0.1) is 11.3 Å². The van der Waals surface area contributed by atoms with Crippen molar-refractivity contribution in [3.8, 4) is 89.4 Å². The largest absolute Gasteiger partial charge is 0.252 e. The van der Waals surface area contributed by atoms with Gasteiger partial charge in [0, 0.05) is 58.4 Å². The molecule has 0 saturated heterocycles. The maximum absolute atomic E-state index is 5.75. The minimum absolute atomic E-state index is 0.826. The standard InChI is InChI=1S/C84H50N4S/c1-3-19-52(20-4-1)73-48-76(61-37-36-51-18-7-8-23-54(51)43-61)86-82-69(73)40-41-70-74(53-21-5-2-6-22-53)49-77(87-83(70)82)62-45-57-24-9-10-29-63(57)72(47-62)59-38-39-66-65-30-11-12-32-68(65)81-80(75(66)46-59)85-50-78(88-81)60-28-16-26-56(44-60)55-25-15-27-58(42-55)64-33-17-34-71-67-31-13-14-35-79(67)89-84(64)71/h1-50H. The summed E-state index contributed by atoms with van der Waals surface area (Å²) >= 11 is 1.87. The van der Waals surface area contributed by atoms with Gasteiger partial charge in [-0.1, -0.05) is 243 Å². The molecule has 0 fully saturated rings. The monoisotopic (exact) mass is 1150 g/mol. The van der Waals surface area contributed by atoms with Gasteiger partial charge in [0.15, 0.2) is 0 Å². The van der Waals surface area contributed by atoms with Crippen LogP contribution in [0.25, 0.3) is 186 Å². The Labute approximate surface area is 517 Å². The lowest BCUT2D eigenvalue weighted by Gasteiger charge is -2.17. The van der Waals surface area contributed by atoms with E-state index in [1.165, 1.54) is 42.1 Å². The number of hydrogen-bond donors (Lipinski definition) is 0. The van der Waals surface area contributed by atoms with Gasteiger partial charge in [0.25, 0.3) is 0 Å². The molecule has 4 heterocycles. The fourth-order valence-electron chi connectivity index (χ4n) is 13.7. The van der Waals surface area contributed by atoms with E-state index in [1.807, 2.05) is 17.5 Å². The van der Waals surface area contributed by atoms with Crippen LogP contribution >= 0.6 is 11.3 Å². The Hall–Kier alpha value is -11.5. The van der Waals surface area contributed by atoms with E-state index >= 15 is 0 Å². The highest BCUT2D eigenvalue weighted by Crippen LogP contribution is 2.45. The van der Waals surface area contributed by atoms with Crippen molar-refractivity contribution in [3.63, 3.8) is 0 Å². The molecule has 4 nitrogen and oxygen atoms in total. The van der Waals surface area contributed by atoms with Crippen molar-refractivity contribution in [2.24, 2.45) is 0 Å². The number of hydrogen-bond acceptors (Lipinski definition) is 5. The molecule has 0 aliphatic rings. The number of thiophene rings is 1. The summed E-state index contributed by atoms with van der Waals surface area (Å²) in [6, 6.07) is 108. The quantitative estimate of drug-likeness (QED) is 0.142. The summed E-state index contributed by atoms with van der Waals surface area (Å²) in [6.45, 7) is 0. The van der Waals surface area contributed by atoms with Crippen molar-refractivity contribution in [1.82, 2.24) is 19.9 Å². The molecule has 0 radical (unpaired) electrons. The Morgan fingerprint density at radius 1 is 0.213 bits per heavy atom. The smallest absolute Gasteiger partial charge is 0.0979 e. The molecule has 0 N–H and O–H groups in total. The van der Waals surface area contributed by atoms with Gasteiger partial charge < -0.3 is 0 Å². The van der Waals surface area contributed by atoms with Gasteiger partial charge >= 0.3 is 0 Å². The molecule has 0 bridgehead atoms. The molecule has 89 heavy (non-hydrogen) atoms. The minimum Gasteiger partial charge on any atom is -0.252 e. The van der Waals surface area contributed by atoms with E-state index in [2.05, 4.69) is 297 Å². The fraction of sp³-hybridized carbons (Fsp3) is 0. The summed E-state index contributed by atoms with van der Waals surface area (Å²) in [5.41, 5.74) is 20.5. The lowest BCUT2D eigenvalue weighted by Crippen LogP contribution is -1.96. The van der Waals surface area contributed by atoms with E-state index < -0.39 is 0 Å². The van der Waals surface area contributed by atoms with Crippen LogP contribution in [-0.2, 0) is 0 Å². The summed E-state index contributed by atoms with van der Waals surface area (Å²) in [7, 11) is 0. The minimum atomic E-state index is 0.826. The van der Waals surface area contributed by atoms with Gasteiger partial charge in [-0.25, -0.2) is 15.0 Å². The Morgan fingerprint density at radius 3 is 1.45 bits per heavy atom. The molecule has 0 atom stereocenters. The second kappa shape index (κ2) is 20.6. The Balaban J connectivity index is 0.784. The first-order chi connectivity index (χ1) is 44.1. The summed E-state index contributed by atoms with van der Waals surface area (Å²) in [5.74, 6) is 0. The van der Waals surface area contributed by atoms with E-state index in [1.54, 1.807) is 0 Å². The van der Waals surface area contributed by atoms with E-state index in [4.69, 9.17) is 19.9 Å². The second-order valence-electron chi connectivity index (χ2n) is 23.2. The molecule has 4 aromatic heterocycles. The highest BCUT2D eigenvalue weighted by Gasteiger charge is 2.21. The number of rotatable bonds is 8. The van der Waals surface area contributed by atoms with Crippen molar-refractivity contribution in [2.75, 3.05) is 0 Å². The molecule has 14 aromatic carbocycles. The predicted molar refractivity (Wildman–Crippen MR) is 377 cm³/mol. The van der Waals surface area contributed by atoms with Gasteiger partial charge in [0.1, 0.15) is 0 Å². The van der Waals surface area contributed by atoms with Gasteiger partial charge in [-0.2, -0.15) is 0 Å². The molecule has 0 unspecified atom stereocenters. The summed E-state index contributed by atoms with van der Waals surface area (Å²) < 4.78 is 2.62. The third-order valence-corrected chi connectivity index (χ3v) is 19.3. The molecule has 0 aliphatic heterocycles. The van der Waals surface area contributed by atoms with E-state index in [0.29, 0.717) is 0 Å². The molecule has 0 saturated carbocycles. The highest BCUT2D eigenvalue weighted by molar-refractivity contribution is 7.26. The lowest BCUT2D eigenvalue weighted by atomic mass is 9.90. The van der Waals surface area contributed by atoms with Crippen LogP contribution in [0.5, 0.6) is 0 Å². The Morgan fingerprint density at radius 2 is 0.697 bits per heavy atom. The van der Waals surface area contributed by atoms with Crippen LogP contribution in [-0.4, -0.2) is 19.9 Å². The number of benzene rings is 14. The highest BCUT2D eigenvalue weighted by atomic mass is 32.1. The zero-order valence-corrected chi connectivity index (χ0v) is 48.9. The van der Waals surface area contributed by atoms with Gasteiger partial charge in [-0.3, -0.25) is 4.98 Å². The molecular formula is C84H50N4S. The van der Waals surface area contributed by atoms with Crippen LogP contribution in [0.3, 0.4) is 0 Å². The van der Waals surface area contributed by atoms with Crippen LogP contribution in [0, 0.1) is 0 Å². The van der Waals surface area contributed by atoms with Gasteiger partial charge in [-0.05, 0) is 143 Å². The van der Waals surface area contributed by atoms with Crippen molar-refractivity contribution < 1.29 is 0 Å². The lowest BCUT2D eigenvalue weighted by molar-refractivity contribution is 1.31. The predicted octanol–water partition coefficient (Wildman–Crippen LogP) is 23.0. The molecule has 18 rings (SSSR count). The Kier molecular flexibility index (Phi) is 11.8. The molecule has 0 aliphatic carbocycles. The maximum Gasteiger partial charge on any atom is 0.0979 e. The summed E-state index contributed by atoms with van der Waals surface area (Å²) in [5, 5.41) is 13.7. The summed E-state index contributed by atoms with van der Waals surface area (Å²) in [4.78, 5) is 22.3. The van der Waals surface area contributed by atoms with Crippen LogP contribution in [0.4, 0.5) is 0 Å². The number of fused-ring (bicyclic) bond motifs is 14. The van der Waals surface area contributed by atoms with E-state index in [9.17, 15) is 0 Å². The van der Waals surface area contributed by atoms with Crippen LogP contribution in [0.15, 0.2) is 303 Å². The first-order valence-electron chi connectivity index (χ1n) is 30.2. The number of pyridine rings is 2. The van der Waals surface area contributed by atoms with E-state index in [-0.39, 0.29) is 0 Å². The van der Waals surface area contributed by atoms with Crippen molar-refractivity contribution in [1.29, 1.82) is 0 Å². The molecule has 0 spiro atoms. The number of nitrogens with zero attached hydrogens (tertiary/aromatic N) is 4. The maximum atomic E-state index is 5.75. The van der Waals surface area contributed by atoms with Gasteiger partial charge in [0.2, 0.25) is 0 Å². The zero-order valence-electron chi connectivity index (χ0n) is 48.1. The van der Waals surface area contributed by atoms with E-state index in [0.717, 1.165) is 143 Å².